The molecule has 0 fully saturated rings. The summed E-state index contributed by atoms with van der Waals surface area (Å²) in [5.41, 5.74) is 0.999. The lowest BCUT2D eigenvalue weighted by atomic mass is 10.0. The molecule has 0 saturated carbocycles. The molecule has 0 amide bonds. The standard InChI is InChI=1S/C14H13NO5/c1-19-13-6-4-10(8-14(13)20-2)9-3-5-12(16)11(7-9)15(17)18/h3-8,16H,1-2H3. The van der Waals surface area contributed by atoms with Crippen LogP contribution in [0.4, 0.5) is 5.69 Å². The van der Waals surface area contributed by atoms with E-state index in [4.69, 9.17) is 9.47 Å². The van der Waals surface area contributed by atoms with Crippen molar-refractivity contribution >= 4 is 5.69 Å². The number of phenolic OH excluding ortho intramolecular Hbond substituents is 1. The number of hydrogen-bond donors (Lipinski definition) is 1. The molecule has 1 N–H and O–H groups in total. The number of benzene rings is 2. The topological polar surface area (TPSA) is 81.8 Å². The summed E-state index contributed by atoms with van der Waals surface area (Å²) >= 11 is 0. The van der Waals surface area contributed by atoms with Crippen LogP contribution in [0.25, 0.3) is 11.1 Å². The first-order chi connectivity index (χ1) is 9.56. The molecule has 0 aliphatic carbocycles. The quantitative estimate of drug-likeness (QED) is 0.685. The van der Waals surface area contributed by atoms with Crippen LogP contribution < -0.4 is 9.47 Å². The molecular weight excluding hydrogens is 262 g/mol. The second-order valence-electron chi connectivity index (χ2n) is 4.03. The minimum Gasteiger partial charge on any atom is -0.502 e. The number of rotatable bonds is 4. The molecule has 6 heteroatoms. The van der Waals surface area contributed by atoms with Crippen LogP contribution in [0.5, 0.6) is 17.2 Å². The van der Waals surface area contributed by atoms with Gasteiger partial charge in [-0.1, -0.05) is 12.1 Å². The zero-order valence-corrected chi connectivity index (χ0v) is 11.0. The fourth-order valence-corrected chi connectivity index (χ4v) is 1.87. The van der Waals surface area contributed by atoms with Gasteiger partial charge in [0.25, 0.3) is 0 Å². The molecule has 0 aliphatic rings. The third-order valence-corrected chi connectivity index (χ3v) is 2.89. The number of phenols is 1. The van der Waals surface area contributed by atoms with Gasteiger partial charge in [0.15, 0.2) is 17.2 Å². The number of nitro benzene ring substituents is 1. The van der Waals surface area contributed by atoms with Crippen molar-refractivity contribution in [3.8, 4) is 28.4 Å². The smallest absolute Gasteiger partial charge is 0.311 e. The van der Waals surface area contributed by atoms with Gasteiger partial charge < -0.3 is 14.6 Å². The maximum atomic E-state index is 10.8. The molecule has 104 valence electrons. The van der Waals surface area contributed by atoms with Gasteiger partial charge >= 0.3 is 5.69 Å². The van der Waals surface area contributed by atoms with Gasteiger partial charge in [-0.3, -0.25) is 10.1 Å². The Morgan fingerprint density at radius 3 is 2.20 bits per heavy atom. The van der Waals surface area contributed by atoms with Crippen molar-refractivity contribution in [1.29, 1.82) is 0 Å². The average Bonchev–Trinajstić information content (AvgIpc) is 2.46. The SMILES string of the molecule is COc1ccc(-c2ccc(O)c([N+](=O)[O-])c2)cc1OC. The monoisotopic (exact) mass is 275 g/mol. The van der Waals surface area contributed by atoms with Crippen LogP contribution in [-0.4, -0.2) is 24.2 Å². The lowest BCUT2D eigenvalue weighted by Gasteiger charge is -2.09. The van der Waals surface area contributed by atoms with E-state index in [2.05, 4.69) is 0 Å². The van der Waals surface area contributed by atoms with Crippen LogP contribution in [0.3, 0.4) is 0 Å². The summed E-state index contributed by atoms with van der Waals surface area (Å²) in [6.07, 6.45) is 0. The molecule has 0 heterocycles. The van der Waals surface area contributed by atoms with Crippen molar-refractivity contribution in [2.45, 2.75) is 0 Å². The van der Waals surface area contributed by atoms with Crippen LogP contribution in [0.15, 0.2) is 36.4 Å². The highest BCUT2D eigenvalue weighted by atomic mass is 16.6. The van der Waals surface area contributed by atoms with Gasteiger partial charge in [0.1, 0.15) is 0 Å². The van der Waals surface area contributed by atoms with Crippen molar-refractivity contribution in [2.24, 2.45) is 0 Å². The van der Waals surface area contributed by atoms with Gasteiger partial charge in [-0.2, -0.15) is 0 Å². The fourth-order valence-electron chi connectivity index (χ4n) is 1.87. The third kappa shape index (κ3) is 2.49. The largest absolute Gasteiger partial charge is 0.502 e. The molecular formula is C14H13NO5. The third-order valence-electron chi connectivity index (χ3n) is 2.89. The molecule has 2 rings (SSSR count). The Morgan fingerprint density at radius 2 is 1.60 bits per heavy atom. The molecule has 0 bridgehead atoms. The van der Waals surface area contributed by atoms with E-state index >= 15 is 0 Å². The first kappa shape index (κ1) is 13.7. The number of ether oxygens (including phenoxy) is 2. The van der Waals surface area contributed by atoms with E-state index in [-0.39, 0.29) is 11.4 Å². The van der Waals surface area contributed by atoms with Gasteiger partial charge in [-0.15, -0.1) is 0 Å². The summed E-state index contributed by atoms with van der Waals surface area (Å²) in [5.74, 6) is 0.740. The Kier molecular flexibility index (Phi) is 3.74. The highest BCUT2D eigenvalue weighted by Crippen LogP contribution is 2.35. The van der Waals surface area contributed by atoms with Crippen LogP contribution in [0.2, 0.25) is 0 Å². The molecule has 0 saturated heterocycles. The van der Waals surface area contributed by atoms with Crippen LogP contribution in [0, 0.1) is 10.1 Å². The van der Waals surface area contributed by atoms with Crippen LogP contribution >= 0.6 is 0 Å². The van der Waals surface area contributed by atoms with E-state index in [0.29, 0.717) is 17.1 Å². The summed E-state index contributed by atoms with van der Waals surface area (Å²) < 4.78 is 10.3. The minimum atomic E-state index is -0.625. The maximum absolute atomic E-state index is 10.8. The molecule has 0 unspecified atom stereocenters. The van der Waals surface area contributed by atoms with E-state index < -0.39 is 4.92 Å². The number of nitrogens with zero attached hydrogens (tertiary/aromatic N) is 1. The molecule has 0 spiro atoms. The number of aromatic hydroxyl groups is 1. The second kappa shape index (κ2) is 5.48. The summed E-state index contributed by atoms with van der Waals surface area (Å²) in [6.45, 7) is 0. The van der Waals surface area contributed by atoms with Gasteiger partial charge in [0.05, 0.1) is 19.1 Å². The summed E-state index contributed by atoms with van der Waals surface area (Å²) in [6, 6.07) is 9.41. The predicted molar refractivity (Wildman–Crippen MR) is 73.3 cm³/mol. The molecule has 20 heavy (non-hydrogen) atoms. The average molecular weight is 275 g/mol. The van der Waals surface area contributed by atoms with Crippen molar-refractivity contribution < 1.29 is 19.5 Å². The normalized spacial score (nSPS) is 10.1. The van der Waals surface area contributed by atoms with Crippen molar-refractivity contribution in [3.05, 3.63) is 46.5 Å². The Bertz CT molecular complexity index is 654. The van der Waals surface area contributed by atoms with E-state index in [1.165, 1.54) is 26.4 Å². The van der Waals surface area contributed by atoms with E-state index in [1.54, 1.807) is 24.3 Å². The highest BCUT2D eigenvalue weighted by molar-refractivity contribution is 5.71. The molecule has 0 aromatic heterocycles. The van der Waals surface area contributed by atoms with Gasteiger partial charge in [-0.25, -0.2) is 0 Å². The second-order valence-corrected chi connectivity index (χ2v) is 4.03. The summed E-state index contributed by atoms with van der Waals surface area (Å²) in [5, 5.41) is 20.3. The van der Waals surface area contributed by atoms with Gasteiger partial charge in [0.2, 0.25) is 0 Å². The van der Waals surface area contributed by atoms with E-state index in [0.717, 1.165) is 5.56 Å². The predicted octanol–water partition coefficient (Wildman–Crippen LogP) is 2.98. The molecule has 0 atom stereocenters. The highest BCUT2D eigenvalue weighted by Gasteiger charge is 2.15. The number of methoxy groups -OCH3 is 2. The minimum absolute atomic E-state index is 0.336. The van der Waals surface area contributed by atoms with Gasteiger partial charge in [-0.05, 0) is 29.3 Å². The zero-order valence-electron chi connectivity index (χ0n) is 11.0. The Balaban J connectivity index is 2.51. The van der Waals surface area contributed by atoms with Crippen molar-refractivity contribution in [2.75, 3.05) is 14.2 Å². The van der Waals surface area contributed by atoms with Gasteiger partial charge in [0, 0.05) is 6.07 Å². The molecule has 2 aromatic rings. The van der Waals surface area contributed by atoms with Crippen LogP contribution in [0.1, 0.15) is 0 Å². The van der Waals surface area contributed by atoms with E-state index in [1.807, 2.05) is 0 Å². The Morgan fingerprint density at radius 1 is 1.00 bits per heavy atom. The number of nitro groups is 1. The Hall–Kier alpha value is -2.76. The first-order valence-electron chi connectivity index (χ1n) is 5.76. The molecule has 0 radical (unpaired) electrons. The molecule has 0 aliphatic heterocycles. The summed E-state index contributed by atoms with van der Waals surface area (Å²) in [4.78, 5) is 10.2. The lowest BCUT2D eigenvalue weighted by molar-refractivity contribution is -0.385. The van der Waals surface area contributed by atoms with Crippen molar-refractivity contribution in [3.63, 3.8) is 0 Å². The maximum Gasteiger partial charge on any atom is 0.311 e. The fraction of sp³-hybridized carbons (Fsp3) is 0.143. The summed E-state index contributed by atoms with van der Waals surface area (Å²) in [7, 11) is 3.05. The van der Waals surface area contributed by atoms with E-state index in [9.17, 15) is 15.2 Å². The zero-order chi connectivity index (χ0) is 14.7. The Labute approximate surface area is 115 Å². The first-order valence-corrected chi connectivity index (χ1v) is 5.76. The van der Waals surface area contributed by atoms with Crippen LogP contribution in [-0.2, 0) is 0 Å². The molecule has 2 aromatic carbocycles. The van der Waals surface area contributed by atoms with Crippen molar-refractivity contribution in [1.82, 2.24) is 0 Å². The molecule has 6 nitrogen and oxygen atoms in total. The lowest BCUT2D eigenvalue weighted by Crippen LogP contribution is -1.92. The number of hydrogen-bond acceptors (Lipinski definition) is 5.